The van der Waals surface area contributed by atoms with Gasteiger partial charge in [-0.15, -0.1) is 0 Å². The predicted molar refractivity (Wildman–Crippen MR) is 96.3 cm³/mol. The largest absolute Gasteiger partial charge is 0.309 e. The standard InChI is InChI=1S/C21H29N/c1-5-21(18(2)17-22(3)4,20-14-10-7-11-15-20)16-19-12-8-6-9-13-19/h6-15,18H,5,16-17H2,1-4H3/t18?,21-/m0/s1. The van der Waals surface area contributed by atoms with E-state index in [9.17, 15) is 0 Å². The molecule has 0 radical (unpaired) electrons. The molecule has 0 saturated heterocycles. The molecular weight excluding hydrogens is 266 g/mol. The van der Waals surface area contributed by atoms with Crippen molar-refractivity contribution in [2.45, 2.75) is 32.1 Å². The second-order valence-corrected chi connectivity index (χ2v) is 6.70. The predicted octanol–water partition coefficient (Wildman–Crippen LogP) is 4.77. The maximum Gasteiger partial charge on any atom is 0.00285 e. The molecule has 1 unspecified atom stereocenters. The number of hydrogen-bond acceptors (Lipinski definition) is 1. The third-order valence-electron chi connectivity index (χ3n) is 4.92. The fourth-order valence-electron chi connectivity index (χ4n) is 3.69. The van der Waals surface area contributed by atoms with Gasteiger partial charge in [0.1, 0.15) is 0 Å². The van der Waals surface area contributed by atoms with E-state index in [0.717, 1.165) is 19.4 Å². The number of hydrogen-bond donors (Lipinski definition) is 0. The summed E-state index contributed by atoms with van der Waals surface area (Å²) in [4.78, 5) is 2.31. The van der Waals surface area contributed by atoms with Crippen LogP contribution in [0.3, 0.4) is 0 Å². The third-order valence-corrected chi connectivity index (χ3v) is 4.92. The first-order valence-electron chi connectivity index (χ1n) is 8.32. The van der Waals surface area contributed by atoms with Crippen LogP contribution in [-0.2, 0) is 11.8 Å². The second kappa shape index (κ2) is 7.60. The molecule has 0 aromatic heterocycles. The van der Waals surface area contributed by atoms with Crippen molar-refractivity contribution in [3.8, 4) is 0 Å². The van der Waals surface area contributed by atoms with Crippen LogP contribution in [0.2, 0.25) is 0 Å². The molecule has 118 valence electrons. The number of benzene rings is 2. The van der Waals surface area contributed by atoms with Gasteiger partial charge < -0.3 is 4.90 Å². The molecule has 0 fully saturated rings. The maximum atomic E-state index is 2.40. The highest BCUT2D eigenvalue weighted by Gasteiger charge is 2.36. The van der Waals surface area contributed by atoms with Gasteiger partial charge in [-0.1, -0.05) is 74.5 Å². The summed E-state index contributed by atoms with van der Waals surface area (Å²) in [6.45, 7) is 5.84. The smallest absolute Gasteiger partial charge is 0.00285 e. The highest BCUT2D eigenvalue weighted by atomic mass is 15.1. The molecule has 2 aromatic rings. The van der Waals surface area contributed by atoms with Gasteiger partial charge in [-0.2, -0.15) is 0 Å². The lowest BCUT2D eigenvalue weighted by Gasteiger charge is -2.41. The maximum absolute atomic E-state index is 2.40. The molecule has 0 saturated carbocycles. The second-order valence-electron chi connectivity index (χ2n) is 6.70. The summed E-state index contributed by atoms with van der Waals surface area (Å²) in [5.41, 5.74) is 3.09. The van der Waals surface area contributed by atoms with E-state index in [2.05, 4.69) is 93.5 Å². The van der Waals surface area contributed by atoms with Gasteiger partial charge in [0.25, 0.3) is 0 Å². The minimum absolute atomic E-state index is 0.187. The van der Waals surface area contributed by atoms with Gasteiger partial charge in [-0.25, -0.2) is 0 Å². The lowest BCUT2D eigenvalue weighted by Crippen LogP contribution is -2.40. The monoisotopic (exact) mass is 295 g/mol. The zero-order chi connectivity index (χ0) is 16.0. The summed E-state index contributed by atoms with van der Waals surface area (Å²) >= 11 is 0. The summed E-state index contributed by atoms with van der Waals surface area (Å²) in [7, 11) is 4.34. The Balaban J connectivity index is 2.42. The van der Waals surface area contributed by atoms with E-state index in [4.69, 9.17) is 0 Å². The van der Waals surface area contributed by atoms with E-state index in [-0.39, 0.29) is 5.41 Å². The van der Waals surface area contributed by atoms with Crippen molar-refractivity contribution < 1.29 is 0 Å². The van der Waals surface area contributed by atoms with Crippen LogP contribution in [0.1, 0.15) is 31.4 Å². The molecule has 2 rings (SSSR count). The quantitative estimate of drug-likeness (QED) is 0.711. The lowest BCUT2D eigenvalue weighted by molar-refractivity contribution is 0.212. The average Bonchev–Trinajstić information content (AvgIpc) is 2.53. The molecule has 0 spiro atoms. The van der Waals surface area contributed by atoms with E-state index in [1.165, 1.54) is 11.1 Å². The van der Waals surface area contributed by atoms with Crippen LogP contribution < -0.4 is 0 Å². The molecule has 22 heavy (non-hydrogen) atoms. The molecule has 0 aliphatic heterocycles. The minimum atomic E-state index is 0.187. The van der Waals surface area contributed by atoms with Crippen LogP contribution in [0.15, 0.2) is 60.7 Å². The molecule has 0 aliphatic carbocycles. The SMILES string of the molecule is CC[C@@](Cc1ccccc1)(c1ccccc1)C(C)CN(C)C. The van der Waals surface area contributed by atoms with Gasteiger partial charge in [0.15, 0.2) is 0 Å². The van der Waals surface area contributed by atoms with Crippen molar-refractivity contribution in [2.75, 3.05) is 20.6 Å². The van der Waals surface area contributed by atoms with E-state index in [1.54, 1.807) is 0 Å². The molecule has 0 N–H and O–H groups in total. The Bertz CT molecular complexity index is 547. The Hall–Kier alpha value is -1.60. The summed E-state index contributed by atoms with van der Waals surface area (Å²) in [5, 5.41) is 0. The highest BCUT2D eigenvalue weighted by molar-refractivity contribution is 5.30. The fourth-order valence-corrected chi connectivity index (χ4v) is 3.69. The molecular formula is C21H29N. The lowest BCUT2D eigenvalue weighted by atomic mass is 9.65. The first-order chi connectivity index (χ1) is 10.6. The molecule has 1 heteroatoms. The Morgan fingerprint density at radius 2 is 1.45 bits per heavy atom. The van der Waals surface area contributed by atoms with Crippen molar-refractivity contribution in [3.05, 3.63) is 71.8 Å². The van der Waals surface area contributed by atoms with Crippen LogP contribution in [0.4, 0.5) is 0 Å². The summed E-state index contributed by atoms with van der Waals surface area (Å²) in [6.07, 6.45) is 2.25. The van der Waals surface area contributed by atoms with Crippen LogP contribution in [0, 0.1) is 5.92 Å². The van der Waals surface area contributed by atoms with Crippen molar-refractivity contribution in [3.63, 3.8) is 0 Å². The topological polar surface area (TPSA) is 3.24 Å². The summed E-state index contributed by atoms with van der Waals surface area (Å²) in [5.74, 6) is 0.593. The Labute approximate surface area is 136 Å². The zero-order valence-electron chi connectivity index (χ0n) is 14.4. The van der Waals surface area contributed by atoms with Crippen LogP contribution in [-0.4, -0.2) is 25.5 Å². The highest BCUT2D eigenvalue weighted by Crippen LogP contribution is 2.39. The molecule has 0 heterocycles. The minimum Gasteiger partial charge on any atom is -0.309 e. The van der Waals surface area contributed by atoms with E-state index in [0.29, 0.717) is 5.92 Å². The Kier molecular flexibility index (Phi) is 5.79. The average molecular weight is 295 g/mol. The number of nitrogens with zero attached hydrogens (tertiary/aromatic N) is 1. The zero-order valence-corrected chi connectivity index (χ0v) is 14.4. The fraction of sp³-hybridized carbons (Fsp3) is 0.429. The van der Waals surface area contributed by atoms with Crippen molar-refractivity contribution in [1.82, 2.24) is 4.90 Å². The van der Waals surface area contributed by atoms with Gasteiger partial charge in [0, 0.05) is 12.0 Å². The van der Waals surface area contributed by atoms with Crippen molar-refractivity contribution in [1.29, 1.82) is 0 Å². The Morgan fingerprint density at radius 1 is 0.909 bits per heavy atom. The Morgan fingerprint density at radius 3 is 1.95 bits per heavy atom. The summed E-state index contributed by atoms with van der Waals surface area (Å²) < 4.78 is 0. The van der Waals surface area contributed by atoms with E-state index >= 15 is 0 Å². The van der Waals surface area contributed by atoms with Gasteiger partial charge in [0.2, 0.25) is 0 Å². The van der Waals surface area contributed by atoms with Crippen molar-refractivity contribution in [2.24, 2.45) is 5.92 Å². The number of rotatable bonds is 7. The van der Waals surface area contributed by atoms with Crippen LogP contribution in [0.5, 0.6) is 0 Å². The normalized spacial score (nSPS) is 15.5. The van der Waals surface area contributed by atoms with E-state index < -0.39 is 0 Å². The first-order valence-corrected chi connectivity index (χ1v) is 8.32. The van der Waals surface area contributed by atoms with Crippen molar-refractivity contribution >= 4 is 0 Å². The summed E-state index contributed by atoms with van der Waals surface area (Å²) in [6, 6.07) is 22.0. The van der Waals surface area contributed by atoms with Gasteiger partial charge in [-0.3, -0.25) is 0 Å². The van der Waals surface area contributed by atoms with Crippen LogP contribution in [0.25, 0.3) is 0 Å². The van der Waals surface area contributed by atoms with E-state index in [1.807, 2.05) is 0 Å². The van der Waals surface area contributed by atoms with Gasteiger partial charge >= 0.3 is 0 Å². The van der Waals surface area contributed by atoms with Crippen LogP contribution >= 0.6 is 0 Å². The molecule has 1 nitrogen and oxygen atoms in total. The molecule has 2 aromatic carbocycles. The van der Waals surface area contributed by atoms with Gasteiger partial charge in [-0.05, 0) is 44.0 Å². The third kappa shape index (κ3) is 3.78. The molecule has 0 aliphatic rings. The first kappa shape index (κ1) is 16.8. The molecule has 2 atom stereocenters. The molecule has 0 bridgehead atoms. The van der Waals surface area contributed by atoms with Gasteiger partial charge in [0.05, 0.1) is 0 Å². The molecule has 0 amide bonds.